The van der Waals surface area contributed by atoms with Crippen molar-refractivity contribution in [2.45, 2.75) is 117 Å². The van der Waals surface area contributed by atoms with Crippen molar-refractivity contribution in [3.05, 3.63) is 11.6 Å². The van der Waals surface area contributed by atoms with Gasteiger partial charge in [0.05, 0.1) is 0 Å². The summed E-state index contributed by atoms with van der Waals surface area (Å²) in [5, 5.41) is 0.283. The first-order chi connectivity index (χ1) is 14.3. The van der Waals surface area contributed by atoms with Crippen LogP contribution in [0.2, 0.25) is 18.1 Å². The maximum atomic E-state index is 11.6. The number of fused-ring (bicyclic) bond motifs is 5. The van der Waals surface area contributed by atoms with E-state index in [4.69, 9.17) is 4.43 Å². The van der Waals surface area contributed by atoms with Crippen molar-refractivity contribution in [1.82, 2.24) is 0 Å². The predicted octanol–water partition coefficient (Wildman–Crippen LogP) is 7.79. The first kappa shape index (κ1) is 23.7. The molecule has 0 aromatic heterocycles. The van der Waals surface area contributed by atoms with Crippen LogP contribution in [0, 0.1) is 40.4 Å². The summed E-state index contributed by atoms with van der Waals surface area (Å²) < 4.78 is 6.88. The molecule has 8 atom stereocenters. The Kier molecular flexibility index (Phi) is 5.99. The zero-order chi connectivity index (χ0) is 22.8. The number of aldehydes is 1. The van der Waals surface area contributed by atoms with E-state index in [9.17, 15) is 4.79 Å². The Morgan fingerprint density at radius 2 is 1.81 bits per heavy atom. The average Bonchev–Trinajstić information content (AvgIpc) is 3.04. The van der Waals surface area contributed by atoms with Gasteiger partial charge in [-0.1, -0.05) is 53.2 Å². The highest BCUT2D eigenvalue weighted by atomic mass is 28.4. The summed E-state index contributed by atoms with van der Waals surface area (Å²) in [6.45, 7) is 19.2. The minimum atomic E-state index is -1.71. The van der Waals surface area contributed by atoms with E-state index >= 15 is 0 Å². The summed E-state index contributed by atoms with van der Waals surface area (Å²) in [6.07, 6.45) is 14.6. The van der Waals surface area contributed by atoms with Crippen LogP contribution in [0.15, 0.2) is 11.6 Å². The van der Waals surface area contributed by atoms with Gasteiger partial charge in [0.15, 0.2) is 8.32 Å². The van der Waals surface area contributed by atoms with E-state index in [1.165, 1.54) is 57.7 Å². The molecule has 0 N–H and O–H groups in total. The quantitative estimate of drug-likeness (QED) is 0.251. The molecule has 31 heavy (non-hydrogen) atoms. The van der Waals surface area contributed by atoms with E-state index < -0.39 is 8.32 Å². The van der Waals surface area contributed by atoms with Gasteiger partial charge in [-0.2, -0.15) is 0 Å². The summed E-state index contributed by atoms with van der Waals surface area (Å²) >= 11 is 0. The van der Waals surface area contributed by atoms with Crippen LogP contribution < -0.4 is 0 Å². The molecule has 4 aliphatic rings. The number of allylic oxidation sites excluding steroid dienone is 1. The Labute approximate surface area is 193 Å². The molecular formula is C28H48O2Si. The van der Waals surface area contributed by atoms with Gasteiger partial charge in [0, 0.05) is 12.0 Å². The molecule has 0 aromatic rings. The van der Waals surface area contributed by atoms with Gasteiger partial charge in [-0.3, -0.25) is 0 Å². The number of carbonyl (C=O) groups excluding carboxylic acids is 1. The van der Waals surface area contributed by atoms with Crippen LogP contribution in [0.1, 0.15) is 92.9 Å². The summed E-state index contributed by atoms with van der Waals surface area (Å²) in [5.74, 6) is 3.30. The van der Waals surface area contributed by atoms with Crippen molar-refractivity contribution in [2.24, 2.45) is 40.4 Å². The van der Waals surface area contributed by atoms with Crippen LogP contribution in [0.4, 0.5) is 0 Å². The van der Waals surface area contributed by atoms with E-state index in [1.807, 2.05) is 0 Å². The topological polar surface area (TPSA) is 26.3 Å². The zero-order valence-electron chi connectivity index (χ0n) is 21.6. The number of hydrogen-bond donors (Lipinski definition) is 0. The van der Waals surface area contributed by atoms with E-state index in [0.717, 1.165) is 17.8 Å². The van der Waals surface area contributed by atoms with Crippen LogP contribution in [0.3, 0.4) is 0 Å². The number of hydrogen-bond acceptors (Lipinski definition) is 2. The molecule has 0 bridgehead atoms. The lowest BCUT2D eigenvalue weighted by molar-refractivity contribution is -0.115. The fourth-order valence-electron chi connectivity index (χ4n) is 8.32. The van der Waals surface area contributed by atoms with Gasteiger partial charge in [0.25, 0.3) is 0 Å². The van der Waals surface area contributed by atoms with Gasteiger partial charge in [-0.15, -0.1) is 0 Å². The second-order valence-corrected chi connectivity index (χ2v) is 18.5. The van der Waals surface area contributed by atoms with Crippen molar-refractivity contribution in [2.75, 3.05) is 0 Å². The largest absolute Gasteiger partial charge is 0.414 e. The van der Waals surface area contributed by atoms with Gasteiger partial charge in [0.1, 0.15) is 6.29 Å². The molecule has 4 aliphatic carbocycles. The molecule has 0 aliphatic heterocycles. The fraction of sp³-hybridized carbons (Fsp3) is 0.893. The lowest BCUT2D eigenvalue weighted by Crippen LogP contribution is -2.52. The third kappa shape index (κ3) is 3.74. The SMILES string of the molecule is C[C@@H](C=O)[C@H]1CC[C@H]2C3CC=C4CC(O[Si](C)(C)C(C)(C)C)CC[C@]4(C)[C@H]3CC[C@]12C. The molecule has 4 rings (SSSR count). The minimum absolute atomic E-state index is 0.222. The molecular weight excluding hydrogens is 396 g/mol. The molecule has 0 aromatic carbocycles. The molecule has 0 radical (unpaired) electrons. The van der Waals surface area contributed by atoms with E-state index in [-0.39, 0.29) is 11.0 Å². The van der Waals surface area contributed by atoms with Crippen LogP contribution >= 0.6 is 0 Å². The third-order valence-electron chi connectivity index (χ3n) is 11.2. The summed E-state index contributed by atoms with van der Waals surface area (Å²) in [4.78, 5) is 11.6. The van der Waals surface area contributed by atoms with E-state index in [2.05, 4.69) is 60.7 Å². The molecule has 3 saturated carbocycles. The minimum Gasteiger partial charge on any atom is -0.414 e. The Balaban J connectivity index is 1.53. The predicted molar refractivity (Wildman–Crippen MR) is 132 cm³/mol. The van der Waals surface area contributed by atoms with Crippen LogP contribution in [0.5, 0.6) is 0 Å². The maximum Gasteiger partial charge on any atom is 0.192 e. The highest BCUT2D eigenvalue weighted by molar-refractivity contribution is 6.74. The Morgan fingerprint density at radius 1 is 1.10 bits per heavy atom. The highest BCUT2D eigenvalue weighted by Gasteiger charge is 2.59. The van der Waals surface area contributed by atoms with Gasteiger partial charge < -0.3 is 9.22 Å². The van der Waals surface area contributed by atoms with E-state index in [1.54, 1.807) is 5.57 Å². The molecule has 2 unspecified atom stereocenters. The standard InChI is InChI=1S/C28H48O2Si/c1-19(18-29)23-11-12-24-22-10-9-20-17-21(30-31(7,8)26(2,3)4)13-15-27(20,5)25(22)14-16-28(23,24)6/h9,18-19,21-25H,10-17H2,1-8H3/t19-,21?,22?,23+,24-,25-,27-,28+/m0/s1. The normalized spacial score (nSPS) is 44.0. The monoisotopic (exact) mass is 444 g/mol. The highest BCUT2D eigenvalue weighted by Crippen LogP contribution is 2.67. The van der Waals surface area contributed by atoms with Gasteiger partial charge in [0.2, 0.25) is 0 Å². The number of carbonyl (C=O) groups is 1. The molecule has 176 valence electrons. The Hall–Kier alpha value is -0.413. The van der Waals surface area contributed by atoms with Crippen LogP contribution in [-0.2, 0) is 9.22 Å². The van der Waals surface area contributed by atoms with Gasteiger partial charge in [-0.05, 0) is 104 Å². The van der Waals surface area contributed by atoms with Crippen molar-refractivity contribution in [3.63, 3.8) is 0 Å². The molecule has 3 heteroatoms. The first-order valence-corrected chi connectivity index (χ1v) is 16.1. The Bertz CT molecular complexity index is 734. The Morgan fingerprint density at radius 3 is 2.45 bits per heavy atom. The lowest BCUT2D eigenvalue weighted by Gasteiger charge is -2.58. The van der Waals surface area contributed by atoms with Gasteiger partial charge in [-0.25, -0.2) is 0 Å². The smallest absolute Gasteiger partial charge is 0.192 e. The van der Waals surface area contributed by atoms with Crippen molar-refractivity contribution < 1.29 is 9.22 Å². The average molecular weight is 445 g/mol. The van der Waals surface area contributed by atoms with Crippen LogP contribution in [-0.4, -0.2) is 20.7 Å². The molecule has 2 nitrogen and oxygen atoms in total. The van der Waals surface area contributed by atoms with E-state index in [0.29, 0.717) is 22.9 Å². The molecule has 0 saturated heterocycles. The second-order valence-electron chi connectivity index (χ2n) is 13.7. The number of rotatable bonds is 4. The zero-order valence-corrected chi connectivity index (χ0v) is 22.6. The summed E-state index contributed by atoms with van der Waals surface area (Å²) in [5.41, 5.74) is 2.49. The van der Waals surface area contributed by atoms with Crippen LogP contribution in [0.25, 0.3) is 0 Å². The first-order valence-electron chi connectivity index (χ1n) is 13.2. The van der Waals surface area contributed by atoms with Crippen molar-refractivity contribution in [3.8, 4) is 0 Å². The summed E-state index contributed by atoms with van der Waals surface area (Å²) in [6, 6.07) is 0. The second kappa shape index (κ2) is 7.83. The molecule has 3 fully saturated rings. The van der Waals surface area contributed by atoms with Crippen molar-refractivity contribution in [1.29, 1.82) is 0 Å². The van der Waals surface area contributed by atoms with Gasteiger partial charge >= 0.3 is 0 Å². The fourth-order valence-corrected chi connectivity index (χ4v) is 9.71. The third-order valence-corrected chi connectivity index (χ3v) is 15.8. The maximum absolute atomic E-state index is 11.6. The van der Waals surface area contributed by atoms with Crippen molar-refractivity contribution >= 4 is 14.6 Å². The summed E-state index contributed by atoms with van der Waals surface area (Å²) in [7, 11) is -1.71. The lowest BCUT2D eigenvalue weighted by atomic mass is 9.47. The molecule has 0 amide bonds. The molecule has 0 heterocycles. The molecule has 0 spiro atoms.